The van der Waals surface area contributed by atoms with Crippen LogP contribution in [0.1, 0.15) is 18.4 Å². The van der Waals surface area contributed by atoms with Crippen molar-refractivity contribution in [3.05, 3.63) is 34.9 Å². The third-order valence-corrected chi connectivity index (χ3v) is 6.45. The average molecular weight is 441 g/mol. The molecule has 1 heterocycles. The van der Waals surface area contributed by atoms with Crippen LogP contribution in [0, 0.1) is 5.92 Å². The van der Waals surface area contributed by atoms with E-state index >= 15 is 0 Å². The van der Waals surface area contributed by atoms with Crippen LogP contribution in [0.5, 0.6) is 0 Å². The highest BCUT2D eigenvalue weighted by Gasteiger charge is 2.50. The molecule has 1 fully saturated rings. The van der Waals surface area contributed by atoms with Gasteiger partial charge < -0.3 is 10.6 Å². The highest BCUT2D eigenvalue weighted by Crippen LogP contribution is 2.30. The van der Waals surface area contributed by atoms with Crippen LogP contribution in [0.2, 0.25) is 5.02 Å². The summed E-state index contributed by atoms with van der Waals surface area (Å²) in [6.45, 7) is 0.892. The first-order valence-electron chi connectivity index (χ1n) is 8.89. The molecule has 1 saturated heterocycles. The lowest BCUT2D eigenvalue weighted by atomic mass is 9.98. The third-order valence-electron chi connectivity index (χ3n) is 4.58. The van der Waals surface area contributed by atoms with E-state index in [0.29, 0.717) is 41.2 Å². The van der Waals surface area contributed by atoms with Crippen molar-refractivity contribution in [1.29, 1.82) is 0 Å². The number of piperidine rings is 1. The van der Waals surface area contributed by atoms with Crippen molar-refractivity contribution in [2.45, 2.75) is 24.8 Å². The van der Waals surface area contributed by atoms with Crippen LogP contribution in [-0.2, 0) is 16.4 Å². The number of halogens is 4. The van der Waals surface area contributed by atoms with E-state index in [2.05, 4.69) is 15.6 Å². The molecule has 0 aromatic heterocycles. The van der Waals surface area contributed by atoms with Crippen LogP contribution in [0.3, 0.4) is 0 Å². The molecule has 2 rings (SSSR count). The fourth-order valence-electron chi connectivity index (χ4n) is 2.98. The predicted molar refractivity (Wildman–Crippen MR) is 104 cm³/mol. The van der Waals surface area contributed by atoms with Crippen LogP contribution < -0.4 is 10.6 Å². The summed E-state index contributed by atoms with van der Waals surface area (Å²) in [6.07, 6.45) is 1.48. The molecule has 1 aromatic rings. The van der Waals surface area contributed by atoms with Gasteiger partial charge in [0, 0.05) is 38.2 Å². The highest BCUT2D eigenvalue weighted by molar-refractivity contribution is 7.90. The number of nitrogens with zero attached hydrogens (tertiary/aromatic N) is 2. The second-order valence-corrected chi connectivity index (χ2v) is 8.92. The van der Waals surface area contributed by atoms with Gasteiger partial charge in [0.25, 0.3) is 0 Å². The first kappa shape index (κ1) is 22.8. The number of alkyl halides is 3. The Morgan fingerprint density at radius 3 is 2.54 bits per heavy atom. The van der Waals surface area contributed by atoms with Gasteiger partial charge in [-0.3, -0.25) is 4.99 Å². The maximum Gasteiger partial charge on any atom is 0.511 e. The molecule has 1 aliphatic heterocycles. The topological polar surface area (TPSA) is 73.8 Å². The zero-order chi connectivity index (χ0) is 20.8. The van der Waals surface area contributed by atoms with Gasteiger partial charge in [0.15, 0.2) is 5.96 Å². The summed E-state index contributed by atoms with van der Waals surface area (Å²) in [5, 5.41) is 6.99. The minimum Gasteiger partial charge on any atom is -0.356 e. The van der Waals surface area contributed by atoms with Crippen molar-refractivity contribution in [2.24, 2.45) is 10.9 Å². The molecule has 1 aliphatic rings. The SMILES string of the molecule is CN=C(NCCc1cccc(Cl)c1)NCC1CCN(S(=O)(=O)C(F)(F)F)CC1. The van der Waals surface area contributed by atoms with Crippen molar-refractivity contribution < 1.29 is 21.6 Å². The third kappa shape index (κ3) is 6.25. The van der Waals surface area contributed by atoms with E-state index in [0.717, 1.165) is 12.0 Å². The number of rotatable bonds is 6. The molecule has 0 atom stereocenters. The zero-order valence-electron chi connectivity index (χ0n) is 15.5. The standard InChI is InChI=1S/C17H24ClF3N4O2S/c1-22-16(23-8-5-13-3-2-4-15(18)11-13)24-12-14-6-9-25(10-7-14)28(26,27)17(19,20)21/h2-4,11,14H,5-10,12H2,1H3,(H2,22,23,24). The lowest BCUT2D eigenvalue weighted by molar-refractivity contribution is -0.0496. The Morgan fingerprint density at radius 2 is 1.96 bits per heavy atom. The molecule has 0 aliphatic carbocycles. The zero-order valence-corrected chi connectivity index (χ0v) is 17.0. The van der Waals surface area contributed by atoms with E-state index in [1.54, 1.807) is 7.05 Å². The van der Waals surface area contributed by atoms with E-state index in [9.17, 15) is 21.6 Å². The molecular weight excluding hydrogens is 417 g/mol. The minimum atomic E-state index is -5.24. The van der Waals surface area contributed by atoms with Gasteiger partial charge in [-0.1, -0.05) is 23.7 Å². The summed E-state index contributed by atoms with van der Waals surface area (Å²) in [5.41, 5.74) is -4.15. The predicted octanol–water partition coefficient (Wildman–Crippen LogP) is 2.61. The number of nitrogens with one attached hydrogen (secondary N) is 2. The van der Waals surface area contributed by atoms with E-state index in [-0.39, 0.29) is 19.0 Å². The molecule has 0 amide bonds. The minimum absolute atomic E-state index is 0.0752. The van der Waals surface area contributed by atoms with Gasteiger partial charge in [0.05, 0.1) is 0 Å². The summed E-state index contributed by atoms with van der Waals surface area (Å²) in [4.78, 5) is 4.12. The van der Waals surface area contributed by atoms with Crippen molar-refractivity contribution in [3.8, 4) is 0 Å². The molecular formula is C17H24ClF3N4O2S. The maximum atomic E-state index is 12.6. The maximum absolute atomic E-state index is 12.6. The van der Waals surface area contributed by atoms with Crippen molar-refractivity contribution >= 4 is 27.6 Å². The molecule has 2 N–H and O–H groups in total. The highest BCUT2D eigenvalue weighted by atomic mass is 35.5. The number of hydrogen-bond donors (Lipinski definition) is 2. The van der Waals surface area contributed by atoms with Gasteiger partial charge in [0.1, 0.15) is 0 Å². The van der Waals surface area contributed by atoms with E-state index in [1.807, 2.05) is 24.3 Å². The quantitative estimate of drug-likeness (QED) is 0.527. The summed E-state index contributed by atoms with van der Waals surface area (Å²) in [5.74, 6) is 0.665. The van der Waals surface area contributed by atoms with Crippen LogP contribution in [0.4, 0.5) is 13.2 Å². The van der Waals surface area contributed by atoms with Crippen molar-refractivity contribution in [1.82, 2.24) is 14.9 Å². The smallest absolute Gasteiger partial charge is 0.356 e. The van der Waals surface area contributed by atoms with Gasteiger partial charge >= 0.3 is 15.5 Å². The van der Waals surface area contributed by atoms with Crippen LogP contribution in [0.15, 0.2) is 29.3 Å². The van der Waals surface area contributed by atoms with Gasteiger partial charge in [-0.15, -0.1) is 0 Å². The molecule has 28 heavy (non-hydrogen) atoms. The summed E-state index contributed by atoms with van der Waals surface area (Å²) in [7, 11) is -3.60. The fraction of sp³-hybridized carbons (Fsp3) is 0.588. The first-order chi connectivity index (χ1) is 13.1. The lowest BCUT2D eigenvalue weighted by Crippen LogP contribution is -2.47. The van der Waals surface area contributed by atoms with Gasteiger partial charge in [-0.05, 0) is 42.9 Å². The van der Waals surface area contributed by atoms with Crippen LogP contribution in [0.25, 0.3) is 0 Å². The Balaban J connectivity index is 1.73. The van der Waals surface area contributed by atoms with Gasteiger partial charge in [0.2, 0.25) is 0 Å². The number of benzene rings is 1. The molecule has 0 saturated carbocycles. The lowest BCUT2D eigenvalue weighted by Gasteiger charge is -2.31. The second-order valence-electron chi connectivity index (χ2n) is 6.55. The number of hydrogen-bond acceptors (Lipinski definition) is 3. The summed E-state index contributed by atoms with van der Waals surface area (Å²) < 4.78 is 61.2. The number of sulfonamides is 1. The molecule has 6 nitrogen and oxygen atoms in total. The summed E-state index contributed by atoms with van der Waals surface area (Å²) >= 11 is 5.95. The van der Waals surface area contributed by atoms with Crippen LogP contribution in [-0.4, -0.2) is 57.4 Å². The fourth-order valence-corrected chi connectivity index (χ4v) is 4.18. The Morgan fingerprint density at radius 1 is 1.29 bits per heavy atom. The first-order valence-corrected chi connectivity index (χ1v) is 10.7. The van der Waals surface area contributed by atoms with Crippen molar-refractivity contribution in [3.63, 3.8) is 0 Å². The normalized spacial score (nSPS) is 17.5. The van der Waals surface area contributed by atoms with Gasteiger partial charge in [-0.25, -0.2) is 8.42 Å². The van der Waals surface area contributed by atoms with Crippen LogP contribution >= 0.6 is 11.6 Å². The number of guanidine groups is 1. The Labute approximate surface area is 168 Å². The van der Waals surface area contributed by atoms with Gasteiger partial charge in [-0.2, -0.15) is 17.5 Å². The summed E-state index contributed by atoms with van der Waals surface area (Å²) in [6, 6.07) is 7.56. The largest absolute Gasteiger partial charge is 0.511 e. The molecule has 11 heteroatoms. The molecule has 0 bridgehead atoms. The van der Waals surface area contributed by atoms with E-state index < -0.39 is 15.5 Å². The molecule has 0 radical (unpaired) electrons. The Hall–Kier alpha value is -1.52. The van der Waals surface area contributed by atoms with Crippen molar-refractivity contribution in [2.75, 3.05) is 33.2 Å². The second kappa shape index (κ2) is 9.80. The average Bonchev–Trinajstić information content (AvgIpc) is 2.64. The molecule has 158 valence electrons. The molecule has 1 aromatic carbocycles. The Bertz CT molecular complexity index is 779. The molecule has 0 unspecified atom stereocenters. The monoisotopic (exact) mass is 440 g/mol. The Kier molecular flexibility index (Phi) is 7.97. The number of aliphatic imine (C=N–C) groups is 1. The molecule has 0 spiro atoms. The van der Waals surface area contributed by atoms with E-state index in [4.69, 9.17) is 11.6 Å². The van der Waals surface area contributed by atoms with E-state index in [1.165, 1.54) is 0 Å².